The topological polar surface area (TPSA) is 12.5 Å². The first-order valence-electron chi connectivity index (χ1n) is 4.24. The Morgan fingerprint density at radius 1 is 1.73 bits per heavy atom. The summed E-state index contributed by atoms with van der Waals surface area (Å²) in [6, 6.07) is 0. The van der Waals surface area contributed by atoms with Crippen molar-refractivity contribution < 1.29 is 4.74 Å². The van der Waals surface area contributed by atoms with E-state index in [1.165, 1.54) is 5.57 Å². The molecule has 2 heteroatoms. The molecule has 1 heterocycles. The zero-order valence-electron chi connectivity index (χ0n) is 7.47. The molecule has 0 aromatic rings. The molecule has 0 aliphatic carbocycles. The van der Waals surface area contributed by atoms with Crippen LogP contribution in [0.25, 0.3) is 0 Å². The summed E-state index contributed by atoms with van der Waals surface area (Å²) in [6.45, 7) is 11.1. The minimum atomic E-state index is 0.303. The average Bonchev–Trinajstić information content (AvgIpc) is 2.34. The van der Waals surface area contributed by atoms with Gasteiger partial charge < -0.3 is 4.74 Å². The molecule has 1 aliphatic rings. The zero-order chi connectivity index (χ0) is 8.27. The van der Waals surface area contributed by atoms with Crippen molar-refractivity contribution in [1.29, 1.82) is 0 Å². The molecule has 11 heavy (non-hydrogen) atoms. The maximum absolute atomic E-state index is 5.53. The SMILES string of the molecule is C=C(C)CC1OCCN1CC. The highest BCUT2D eigenvalue weighted by atomic mass is 16.5. The monoisotopic (exact) mass is 155 g/mol. The molecular formula is C9H17NO. The van der Waals surface area contributed by atoms with E-state index >= 15 is 0 Å². The van der Waals surface area contributed by atoms with Crippen LogP contribution in [-0.2, 0) is 4.74 Å². The van der Waals surface area contributed by atoms with E-state index in [4.69, 9.17) is 4.74 Å². The lowest BCUT2D eigenvalue weighted by molar-refractivity contribution is 0.0372. The third-order valence-electron chi connectivity index (χ3n) is 2.03. The van der Waals surface area contributed by atoms with Crippen molar-refractivity contribution in [2.24, 2.45) is 0 Å². The standard InChI is InChI=1S/C9H17NO/c1-4-10-5-6-11-9(10)7-8(2)3/h9H,2,4-7H2,1,3H3. The predicted molar refractivity (Wildman–Crippen MR) is 46.4 cm³/mol. The molecule has 0 saturated carbocycles. The predicted octanol–water partition coefficient (Wildman–Crippen LogP) is 1.63. The van der Waals surface area contributed by atoms with Gasteiger partial charge in [0.05, 0.1) is 6.61 Å². The Morgan fingerprint density at radius 2 is 2.45 bits per heavy atom. The van der Waals surface area contributed by atoms with Crippen molar-refractivity contribution in [2.45, 2.75) is 26.5 Å². The van der Waals surface area contributed by atoms with Gasteiger partial charge in [0.25, 0.3) is 0 Å². The zero-order valence-corrected chi connectivity index (χ0v) is 7.47. The first-order chi connectivity index (χ1) is 5.24. The van der Waals surface area contributed by atoms with Crippen LogP contribution in [0.4, 0.5) is 0 Å². The fraction of sp³-hybridized carbons (Fsp3) is 0.778. The molecule has 1 atom stereocenters. The second kappa shape index (κ2) is 3.88. The highest BCUT2D eigenvalue weighted by molar-refractivity contribution is 4.91. The van der Waals surface area contributed by atoms with Gasteiger partial charge in [0.1, 0.15) is 6.23 Å². The van der Waals surface area contributed by atoms with Crippen LogP contribution in [0.2, 0.25) is 0 Å². The molecule has 0 N–H and O–H groups in total. The van der Waals surface area contributed by atoms with Gasteiger partial charge in [-0.1, -0.05) is 19.1 Å². The summed E-state index contributed by atoms with van der Waals surface area (Å²) in [7, 11) is 0. The Hall–Kier alpha value is -0.340. The number of nitrogens with zero attached hydrogens (tertiary/aromatic N) is 1. The number of ether oxygens (including phenoxy) is 1. The molecule has 1 aliphatic heterocycles. The molecule has 0 bridgehead atoms. The molecule has 0 radical (unpaired) electrons. The molecule has 0 amide bonds. The minimum Gasteiger partial charge on any atom is -0.361 e. The van der Waals surface area contributed by atoms with E-state index in [0.717, 1.165) is 26.1 Å². The molecule has 0 aromatic heterocycles. The van der Waals surface area contributed by atoms with Crippen molar-refractivity contribution in [3.8, 4) is 0 Å². The van der Waals surface area contributed by atoms with Crippen LogP contribution in [0.15, 0.2) is 12.2 Å². The van der Waals surface area contributed by atoms with E-state index in [-0.39, 0.29) is 0 Å². The Balaban J connectivity index is 2.37. The smallest absolute Gasteiger partial charge is 0.114 e. The van der Waals surface area contributed by atoms with Crippen LogP contribution in [0.5, 0.6) is 0 Å². The fourth-order valence-corrected chi connectivity index (χ4v) is 1.40. The van der Waals surface area contributed by atoms with Gasteiger partial charge in [-0.2, -0.15) is 0 Å². The first-order valence-corrected chi connectivity index (χ1v) is 4.24. The average molecular weight is 155 g/mol. The van der Waals surface area contributed by atoms with Crippen LogP contribution >= 0.6 is 0 Å². The molecule has 1 saturated heterocycles. The lowest BCUT2D eigenvalue weighted by Crippen LogP contribution is -2.29. The van der Waals surface area contributed by atoms with Crippen molar-refractivity contribution in [3.05, 3.63) is 12.2 Å². The van der Waals surface area contributed by atoms with Gasteiger partial charge in [-0.3, -0.25) is 4.90 Å². The van der Waals surface area contributed by atoms with Crippen LogP contribution in [0, 0.1) is 0 Å². The number of hydrogen-bond donors (Lipinski definition) is 0. The first kappa shape index (κ1) is 8.75. The van der Waals surface area contributed by atoms with Gasteiger partial charge in [-0.15, -0.1) is 0 Å². The molecular weight excluding hydrogens is 138 g/mol. The van der Waals surface area contributed by atoms with Crippen LogP contribution in [0.3, 0.4) is 0 Å². The quantitative estimate of drug-likeness (QED) is 0.574. The van der Waals surface area contributed by atoms with Crippen molar-refractivity contribution in [3.63, 3.8) is 0 Å². The summed E-state index contributed by atoms with van der Waals surface area (Å²) in [5, 5.41) is 0. The highest BCUT2D eigenvalue weighted by Gasteiger charge is 2.22. The van der Waals surface area contributed by atoms with Gasteiger partial charge >= 0.3 is 0 Å². The van der Waals surface area contributed by atoms with E-state index in [9.17, 15) is 0 Å². The Labute approximate surface area is 68.8 Å². The maximum Gasteiger partial charge on any atom is 0.114 e. The van der Waals surface area contributed by atoms with Crippen LogP contribution in [-0.4, -0.2) is 30.8 Å². The second-order valence-electron chi connectivity index (χ2n) is 3.12. The molecule has 1 unspecified atom stereocenters. The second-order valence-corrected chi connectivity index (χ2v) is 3.12. The third-order valence-corrected chi connectivity index (χ3v) is 2.03. The van der Waals surface area contributed by atoms with E-state index in [1.807, 2.05) is 0 Å². The van der Waals surface area contributed by atoms with Crippen LogP contribution < -0.4 is 0 Å². The molecule has 1 rings (SSSR count). The van der Waals surface area contributed by atoms with Gasteiger partial charge in [0, 0.05) is 13.0 Å². The number of likely N-dealkylation sites (N-methyl/N-ethyl adjacent to an activating group) is 1. The van der Waals surface area contributed by atoms with Crippen LogP contribution in [0.1, 0.15) is 20.3 Å². The maximum atomic E-state index is 5.53. The van der Waals surface area contributed by atoms with Crippen molar-refractivity contribution in [2.75, 3.05) is 19.7 Å². The lowest BCUT2D eigenvalue weighted by atomic mass is 10.2. The fourth-order valence-electron chi connectivity index (χ4n) is 1.40. The molecule has 2 nitrogen and oxygen atoms in total. The third kappa shape index (κ3) is 2.31. The summed E-state index contributed by atoms with van der Waals surface area (Å²) >= 11 is 0. The van der Waals surface area contributed by atoms with Crippen molar-refractivity contribution >= 4 is 0 Å². The Bertz CT molecular complexity index is 144. The summed E-state index contributed by atoms with van der Waals surface area (Å²) < 4.78 is 5.53. The Morgan fingerprint density at radius 3 is 3.00 bits per heavy atom. The summed E-state index contributed by atoms with van der Waals surface area (Å²) in [6.07, 6.45) is 1.28. The van der Waals surface area contributed by atoms with Crippen molar-refractivity contribution in [1.82, 2.24) is 4.90 Å². The molecule has 1 fully saturated rings. The lowest BCUT2D eigenvalue weighted by Gasteiger charge is -2.20. The summed E-state index contributed by atoms with van der Waals surface area (Å²) in [5.74, 6) is 0. The van der Waals surface area contributed by atoms with E-state index < -0.39 is 0 Å². The van der Waals surface area contributed by atoms with Gasteiger partial charge in [-0.25, -0.2) is 0 Å². The van der Waals surface area contributed by atoms with Gasteiger partial charge in [-0.05, 0) is 13.5 Å². The largest absolute Gasteiger partial charge is 0.361 e. The highest BCUT2D eigenvalue weighted by Crippen LogP contribution is 2.15. The minimum absolute atomic E-state index is 0.303. The molecule has 0 aromatic carbocycles. The van der Waals surface area contributed by atoms with E-state index in [1.54, 1.807) is 0 Å². The summed E-state index contributed by atoms with van der Waals surface area (Å²) in [5.41, 5.74) is 1.20. The molecule has 64 valence electrons. The van der Waals surface area contributed by atoms with Gasteiger partial charge in [0.2, 0.25) is 0 Å². The Kier molecular flexibility index (Phi) is 3.09. The molecule has 0 spiro atoms. The number of rotatable bonds is 3. The van der Waals surface area contributed by atoms with Gasteiger partial charge in [0.15, 0.2) is 0 Å². The normalized spacial score (nSPS) is 25.8. The summed E-state index contributed by atoms with van der Waals surface area (Å²) in [4.78, 5) is 2.34. The van der Waals surface area contributed by atoms with E-state index in [2.05, 4.69) is 25.3 Å². The van der Waals surface area contributed by atoms with E-state index in [0.29, 0.717) is 6.23 Å². The number of hydrogen-bond acceptors (Lipinski definition) is 2.